The molecular weight excluding hydrogens is 464 g/mol. The number of hydrogen-bond acceptors (Lipinski definition) is 6. The van der Waals surface area contributed by atoms with Crippen LogP contribution in [0.2, 0.25) is 0 Å². The first kappa shape index (κ1) is 22.4. The van der Waals surface area contributed by atoms with Crippen LogP contribution >= 0.6 is 11.8 Å². The van der Waals surface area contributed by atoms with E-state index in [0.29, 0.717) is 11.0 Å². The molecule has 0 radical (unpaired) electrons. The zero-order chi connectivity index (χ0) is 24.4. The Morgan fingerprint density at radius 1 is 1.09 bits per heavy atom. The number of aromatic nitrogens is 4. The Hall–Kier alpha value is -4.44. The Morgan fingerprint density at radius 3 is 2.66 bits per heavy atom. The number of fused-ring (bicyclic) bond motifs is 1. The van der Waals surface area contributed by atoms with Crippen LogP contribution in [0.5, 0.6) is 0 Å². The van der Waals surface area contributed by atoms with E-state index in [4.69, 9.17) is 0 Å². The second kappa shape index (κ2) is 9.43. The van der Waals surface area contributed by atoms with Crippen LogP contribution < -0.4 is 5.32 Å². The van der Waals surface area contributed by atoms with Gasteiger partial charge in [-0.25, -0.2) is 0 Å². The minimum absolute atomic E-state index is 0.00385. The molecule has 0 aliphatic carbocycles. The molecule has 0 saturated carbocycles. The molecule has 0 unspecified atom stereocenters. The number of nitrogens with one attached hydrogen (secondary N) is 2. The highest BCUT2D eigenvalue weighted by Gasteiger charge is 2.21. The van der Waals surface area contributed by atoms with E-state index < -0.39 is 4.92 Å². The second-order valence-corrected chi connectivity index (χ2v) is 8.78. The SMILES string of the molecule is Cc1ccc(NC(=O)CSc2nnc(-c3c[nH]c4ccccc34)n2-c2ccccc2)c([N+](=O)[O-])c1. The van der Waals surface area contributed by atoms with E-state index in [2.05, 4.69) is 20.5 Å². The minimum atomic E-state index is -0.505. The monoisotopic (exact) mass is 484 g/mol. The van der Waals surface area contributed by atoms with Gasteiger partial charge in [-0.2, -0.15) is 0 Å². The van der Waals surface area contributed by atoms with Crippen molar-refractivity contribution in [3.8, 4) is 17.1 Å². The summed E-state index contributed by atoms with van der Waals surface area (Å²) in [6, 6.07) is 22.3. The van der Waals surface area contributed by atoms with Gasteiger partial charge in [0, 0.05) is 34.4 Å². The lowest BCUT2D eigenvalue weighted by Crippen LogP contribution is -2.15. The quantitative estimate of drug-likeness (QED) is 0.182. The predicted octanol–water partition coefficient (Wildman–Crippen LogP) is 5.36. The molecule has 0 fully saturated rings. The van der Waals surface area contributed by atoms with E-state index in [1.807, 2.05) is 65.4 Å². The van der Waals surface area contributed by atoms with Crippen LogP contribution in [0.15, 0.2) is 84.1 Å². The maximum Gasteiger partial charge on any atom is 0.293 e. The van der Waals surface area contributed by atoms with Gasteiger partial charge in [-0.05, 0) is 36.8 Å². The molecule has 0 aliphatic heterocycles. The van der Waals surface area contributed by atoms with Gasteiger partial charge >= 0.3 is 0 Å². The largest absolute Gasteiger partial charge is 0.360 e. The van der Waals surface area contributed by atoms with E-state index >= 15 is 0 Å². The number of anilines is 1. The number of hydrogen-bond donors (Lipinski definition) is 2. The number of para-hydroxylation sites is 2. The molecular formula is C25H20N6O3S. The Bertz CT molecular complexity index is 1540. The predicted molar refractivity (Wildman–Crippen MR) is 136 cm³/mol. The molecule has 0 atom stereocenters. The van der Waals surface area contributed by atoms with Crippen molar-refractivity contribution in [3.63, 3.8) is 0 Å². The number of H-pyrrole nitrogens is 1. The van der Waals surface area contributed by atoms with Crippen LogP contribution in [0.3, 0.4) is 0 Å². The molecule has 0 aliphatic rings. The molecule has 5 aromatic rings. The summed E-state index contributed by atoms with van der Waals surface area (Å²) in [5, 5.41) is 24.4. The third-order valence-corrected chi connectivity index (χ3v) is 6.36. The molecule has 0 bridgehead atoms. The van der Waals surface area contributed by atoms with E-state index in [0.717, 1.165) is 27.7 Å². The maximum atomic E-state index is 12.7. The Balaban J connectivity index is 1.44. The maximum absolute atomic E-state index is 12.7. The summed E-state index contributed by atoms with van der Waals surface area (Å²) < 4.78 is 1.90. The first-order valence-corrected chi connectivity index (χ1v) is 11.7. The summed E-state index contributed by atoms with van der Waals surface area (Å²) in [5.74, 6) is 0.271. The van der Waals surface area contributed by atoms with E-state index in [1.165, 1.54) is 23.9 Å². The fourth-order valence-corrected chi connectivity index (χ4v) is 4.57. The van der Waals surface area contributed by atoms with Gasteiger partial charge in [0.2, 0.25) is 5.91 Å². The van der Waals surface area contributed by atoms with Crippen molar-refractivity contribution in [3.05, 3.63) is 94.7 Å². The lowest BCUT2D eigenvalue weighted by molar-refractivity contribution is -0.384. The molecule has 0 saturated heterocycles. The third-order valence-electron chi connectivity index (χ3n) is 5.43. The number of carbonyl (C=O) groups excluding carboxylic acids is 1. The van der Waals surface area contributed by atoms with Crippen molar-refractivity contribution in [1.29, 1.82) is 0 Å². The number of nitro groups is 1. The van der Waals surface area contributed by atoms with Crippen molar-refractivity contribution >= 4 is 39.9 Å². The fourth-order valence-electron chi connectivity index (χ4n) is 3.82. The Labute approximate surface area is 204 Å². The second-order valence-electron chi connectivity index (χ2n) is 7.84. The summed E-state index contributed by atoms with van der Waals surface area (Å²) in [6.45, 7) is 1.76. The number of thioether (sulfide) groups is 1. The van der Waals surface area contributed by atoms with Crippen LogP contribution in [0, 0.1) is 17.0 Å². The number of nitro benzene ring substituents is 1. The van der Waals surface area contributed by atoms with Crippen LogP contribution in [0.25, 0.3) is 28.0 Å². The summed E-state index contributed by atoms with van der Waals surface area (Å²) in [7, 11) is 0. The fraction of sp³-hybridized carbons (Fsp3) is 0.0800. The molecule has 0 spiro atoms. The average molecular weight is 485 g/mol. The molecule has 5 rings (SSSR count). The molecule has 3 aromatic carbocycles. The smallest absolute Gasteiger partial charge is 0.293 e. The molecule has 9 nitrogen and oxygen atoms in total. The average Bonchev–Trinajstić information content (AvgIpc) is 3.48. The van der Waals surface area contributed by atoms with Crippen molar-refractivity contribution in [2.24, 2.45) is 0 Å². The highest BCUT2D eigenvalue weighted by molar-refractivity contribution is 7.99. The lowest BCUT2D eigenvalue weighted by atomic mass is 10.1. The lowest BCUT2D eigenvalue weighted by Gasteiger charge is -2.10. The number of benzene rings is 3. The Kier molecular flexibility index (Phi) is 6.02. The molecule has 2 N–H and O–H groups in total. The number of amides is 1. The van der Waals surface area contributed by atoms with Crippen LogP contribution in [-0.2, 0) is 4.79 Å². The number of nitrogens with zero attached hydrogens (tertiary/aromatic N) is 4. The first-order valence-electron chi connectivity index (χ1n) is 10.8. The van der Waals surface area contributed by atoms with Gasteiger partial charge in [0.05, 0.1) is 10.7 Å². The number of rotatable bonds is 7. The summed E-state index contributed by atoms with van der Waals surface area (Å²) in [6.07, 6.45) is 1.89. The van der Waals surface area contributed by atoms with Gasteiger partial charge in [-0.1, -0.05) is 54.2 Å². The molecule has 1 amide bonds. The van der Waals surface area contributed by atoms with Crippen molar-refractivity contribution in [1.82, 2.24) is 19.7 Å². The molecule has 2 heterocycles. The topological polar surface area (TPSA) is 119 Å². The number of aryl methyl sites for hydroxylation is 1. The van der Waals surface area contributed by atoms with E-state index in [-0.39, 0.29) is 23.0 Å². The van der Waals surface area contributed by atoms with E-state index in [1.54, 1.807) is 13.0 Å². The van der Waals surface area contributed by atoms with Crippen LogP contribution in [0.1, 0.15) is 5.56 Å². The zero-order valence-electron chi connectivity index (χ0n) is 18.6. The number of aromatic amines is 1. The minimum Gasteiger partial charge on any atom is -0.360 e. The summed E-state index contributed by atoms with van der Waals surface area (Å²) in [5.41, 5.74) is 3.49. The summed E-state index contributed by atoms with van der Waals surface area (Å²) >= 11 is 1.21. The summed E-state index contributed by atoms with van der Waals surface area (Å²) in [4.78, 5) is 26.8. The van der Waals surface area contributed by atoms with Gasteiger partial charge in [0.15, 0.2) is 11.0 Å². The molecule has 174 valence electrons. The third kappa shape index (κ3) is 4.51. The van der Waals surface area contributed by atoms with Crippen LogP contribution in [-0.4, -0.2) is 36.3 Å². The highest BCUT2D eigenvalue weighted by atomic mass is 32.2. The van der Waals surface area contributed by atoms with Gasteiger partial charge < -0.3 is 10.3 Å². The van der Waals surface area contributed by atoms with Crippen molar-refractivity contribution in [2.75, 3.05) is 11.1 Å². The van der Waals surface area contributed by atoms with Crippen molar-refractivity contribution in [2.45, 2.75) is 12.1 Å². The zero-order valence-corrected chi connectivity index (χ0v) is 19.5. The van der Waals surface area contributed by atoms with Gasteiger partial charge in [0.1, 0.15) is 5.69 Å². The van der Waals surface area contributed by atoms with Gasteiger partial charge in [0.25, 0.3) is 5.69 Å². The molecule has 2 aromatic heterocycles. The van der Waals surface area contributed by atoms with Crippen molar-refractivity contribution < 1.29 is 9.72 Å². The standard InChI is InChI=1S/C25H20N6O3S/c1-16-11-12-21(22(13-16)31(33)34)27-23(32)15-35-25-29-28-24(30(25)17-7-3-2-4-8-17)19-14-26-20-10-6-5-9-18(19)20/h2-14,26H,15H2,1H3,(H,27,32). The Morgan fingerprint density at radius 2 is 1.86 bits per heavy atom. The molecule has 35 heavy (non-hydrogen) atoms. The highest BCUT2D eigenvalue weighted by Crippen LogP contribution is 2.32. The van der Waals surface area contributed by atoms with E-state index in [9.17, 15) is 14.9 Å². The number of carbonyl (C=O) groups is 1. The molecule has 10 heteroatoms. The normalized spacial score (nSPS) is 11.0. The van der Waals surface area contributed by atoms with Gasteiger partial charge in [-0.3, -0.25) is 19.5 Å². The first-order chi connectivity index (χ1) is 17.0. The van der Waals surface area contributed by atoms with Gasteiger partial charge in [-0.15, -0.1) is 10.2 Å². The van der Waals surface area contributed by atoms with Crippen LogP contribution in [0.4, 0.5) is 11.4 Å².